The van der Waals surface area contributed by atoms with E-state index in [2.05, 4.69) is 22.3 Å². The number of aldehydes is 1. The van der Waals surface area contributed by atoms with E-state index in [-0.39, 0.29) is 11.3 Å². The molecule has 19 heavy (non-hydrogen) atoms. The summed E-state index contributed by atoms with van der Waals surface area (Å²) in [7, 11) is 0. The summed E-state index contributed by atoms with van der Waals surface area (Å²) in [4.78, 5) is 14.9. The number of benzene rings is 1. The lowest BCUT2D eigenvalue weighted by Crippen LogP contribution is -2.36. The van der Waals surface area contributed by atoms with Gasteiger partial charge in [-0.25, -0.2) is 0 Å². The summed E-state index contributed by atoms with van der Waals surface area (Å²) < 4.78 is 10.4. The first-order chi connectivity index (χ1) is 9.35. The van der Waals surface area contributed by atoms with E-state index in [1.54, 1.807) is 0 Å². The van der Waals surface area contributed by atoms with E-state index in [4.69, 9.17) is 9.26 Å². The van der Waals surface area contributed by atoms with Gasteiger partial charge in [0, 0.05) is 13.2 Å². The second-order valence-electron chi connectivity index (χ2n) is 4.63. The lowest BCUT2D eigenvalue weighted by Gasteiger charge is -2.34. The van der Waals surface area contributed by atoms with E-state index in [9.17, 15) is 4.79 Å². The highest BCUT2D eigenvalue weighted by atomic mass is 16.5. The fourth-order valence-corrected chi connectivity index (χ4v) is 2.60. The Hall–Kier alpha value is -2.01. The van der Waals surface area contributed by atoms with Crippen LogP contribution < -0.4 is 0 Å². The van der Waals surface area contributed by atoms with Gasteiger partial charge in [0.05, 0.1) is 5.41 Å². The quantitative estimate of drug-likeness (QED) is 0.787. The molecule has 1 aromatic carbocycles. The summed E-state index contributed by atoms with van der Waals surface area (Å²) in [5.74, 6) is 0.598. The minimum atomic E-state index is -0.315. The summed E-state index contributed by atoms with van der Waals surface area (Å²) in [6, 6.07) is 10.1. The van der Waals surface area contributed by atoms with Gasteiger partial charge in [-0.05, 0) is 18.4 Å². The van der Waals surface area contributed by atoms with Gasteiger partial charge in [0.25, 0.3) is 5.89 Å². The Morgan fingerprint density at radius 3 is 2.53 bits per heavy atom. The first kappa shape index (κ1) is 12.0. The van der Waals surface area contributed by atoms with Gasteiger partial charge < -0.3 is 9.26 Å². The predicted molar refractivity (Wildman–Crippen MR) is 67.0 cm³/mol. The molecule has 98 valence electrons. The van der Waals surface area contributed by atoms with E-state index in [1.165, 1.54) is 0 Å². The lowest BCUT2D eigenvalue weighted by molar-refractivity contribution is 0.0597. The lowest BCUT2D eigenvalue weighted by atomic mass is 9.73. The van der Waals surface area contributed by atoms with Crippen molar-refractivity contribution in [1.82, 2.24) is 10.1 Å². The number of carbonyl (C=O) groups is 1. The zero-order valence-corrected chi connectivity index (χ0v) is 10.4. The van der Waals surface area contributed by atoms with Crippen LogP contribution in [0.1, 0.15) is 34.9 Å². The number of carbonyl (C=O) groups excluding carboxylic acids is 1. The summed E-state index contributed by atoms with van der Waals surface area (Å²) >= 11 is 0. The van der Waals surface area contributed by atoms with Crippen LogP contribution >= 0.6 is 0 Å². The fraction of sp³-hybridized carbons (Fsp3) is 0.357. The van der Waals surface area contributed by atoms with Crippen LogP contribution in [0.5, 0.6) is 0 Å². The van der Waals surface area contributed by atoms with Gasteiger partial charge >= 0.3 is 0 Å². The molecule has 1 fully saturated rings. The molecular weight excluding hydrogens is 244 g/mol. The van der Waals surface area contributed by atoms with Gasteiger partial charge in [-0.3, -0.25) is 4.79 Å². The Morgan fingerprint density at radius 1 is 1.16 bits per heavy atom. The molecule has 0 amide bonds. The van der Waals surface area contributed by atoms with E-state index < -0.39 is 0 Å². The van der Waals surface area contributed by atoms with Crippen molar-refractivity contribution < 1.29 is 14.1 Å². The third kappa shape index (κ3) is 2.06. The van der Waals surface area contributed by atoms with Gasteiger partial charge in [-0.1, -0.05) is 35.5 Å². The molecule has 0 aliphatic carbocycles. The maximum absolute atomic E-state index is 10.7. The number of rotatable bonds is 3. The van der Waals surface area contributed by atoms with Crippen LogP contribution in [0.25, 0.3) is 0 Å². The van der Waals surface area contributed by atoms with Crippen molar-refractivity contribution in [3.63, 3.8) is 0 Å². The molecule has 1 saturated heterocycles. The highest BCUT2D eigenvalue weighted by molar-refractivity contribution is 5.67. The molecule has 1 aliphatic rings. The maximum Gasteiger partial charge on any atom is 0.290 e. The number of ether oxygens (including phenoxy) is 1. The van der Waals surface area contributed by atoms with Gasteiger partial charge in [0.2, 0.25) is 6.29 Å². The highest BCUT2D eigenvalue weighted by Gasteiger charge is 2.40. The van der Waals surface area contributed by atoms with Crippen molar-refractivity contribution in [3.8, 4) is 0 Å². The number of aromatic nitrogens is 2. The van der Waals surface area contributed by atoms with Crippen LogP contribution in [0, 0.1) is 0 Å². The van der Waals surface area contributed by atoms with Crippen LogP contribution in [-0.4, -0.2) is 29.6 Å². The average molecular weight is 258 g/mol. The first-order valence-corrected chi connectivity index (χ1v) is 6.28. The van der Waals surface area contributed by atoms with Crippen LogP contribution in [0.15, 0.2) is 34.9 Å². The van der Waals surface area contributed by atoms with Crippen molar-refractivity contribution in [2.45, 2.75) is 18.3 Å². The van der Waals surface area contributed by atoms with E-state index in [1.807, 2.05) is 18.2 Å². The molecule has 0 N–H and O–H groups in total. The van der Waals surface area contributed by atoms with E-state index in [0.717, 1.165) is 18.4 Å². The largest absolute Gasteiger partial charge is 0.381 e. The summed E-state index contributed by atoms with van der Waals surface area (Å²) in [5.41, 5.74) is 0.820. The second kappa shape index (κ2) is 4.93. The van der Waals surface area contributed by atoms with Crippen molar-refractivity contribution >= 4 is 6.29 Å². The number of hydrogen-bond donors (Lipinski definition) is 0. The van der Waals surface area contributed by atoms with Crippen molar-refractivity contribution in [2.24, 2.45) is 0 Å². The topological polar surface area (TPSA) is 65.2 Å². The molecule has 0 saturated carbocycles. The Balaban J connectivity index is 2.08. The predicted octanol–water partition coefficient (Wildman–Crippen LogP) is 1.98. The Labute approximate surface area is 110 Å². The van der Waals surface area contributed by atoms with Crippen molar-refractivity contribution in [3.05, 3.63) is 47.6 Å². The van der Waals surface area contributed by atoms with E-state index >= 15 is 0 Å². The molecular formula is C14H14N2O3. The van der Waals surface area contributed by atoms with Crippen molar-refractivity contribution in [2.75, 3.05) is 13.2 Å². The van der Waals surface area contributed by atoms with Crippen LogP contribution in [-0.2, 0) is 10.2 Å². The minimum absolute atomic E-state index is 0.0248. The summed E-state index contributed by atoms with van der Waals surface area (Å²) in [6.45, 7) is 1.31. The van der Waals surface area contributed by atoms with Crippen molar-refractivity contribution in [1.29, 1.82) is 0 Å². The molecule has 2 aromatic rings. The zero-order chi connectivity index (χ0) is 13.1. The number of hydrogen-bond acceptors (Lipinski definition) is 5. The normalized spacial score (nSPS) is 18.1. The van der Waals surface area contributed by atoms with Gasteiger partial charge in [-0.15, -0.1) is 0 Å². The third-order valence-electron chi connectivity index (χ3n) is 3.64. The van der Waals surface area contributed by atoms with Gasteiger partial charge in [0.15, 0.2) is 5.82 Å². The molecule has 1 aliphatic heterocycles. The SMILES string of the molecule is O=Cc1nc(C2(c3ccccc3)CCOCC2)no1. The fourth-order valence-electron chi connectivity index (χ4n) is 2.60. The molecule has 0 atom stereocenters. The monoisotopic (exact) mass is 258 g/mol. The first-order valence-electron chi connectivity index (χ1n) is 6.28. The molecule has 0 radical (unpaired) electrons. The van der Waals surface area contributed by atoms with Crippen LogP contribution in [0.3, 0.4) is 0 Å². The molecule has 2 heterocycles. The average Bonchev–Trinajstić information content (AvgIpc) is 2.98. The zero-order valence-electron chi connectivity index (χ0n) is 10.4. The minimum Gasteiger partial charge on any atom is -0.381 e. The molecule has 0 bridgehead atoms. The summed E-state index contributed by atoms with van der Waals surface area (Å²) in [6.07, 6.45) is 2.15. The second-order valence-corrected chi connectivity index (χ2v) is 4.63. The Bertz CT molecular complexity index is 559. The summed E-state index contributed by atoms with van der Waals surface area (Å²) in [5, 5.41) is 3.99. The molecule has 0 unspecified atom stereocenters. The molecule has 1 aromatic heterocycles. The highest BCUT2D eigenvalue weighted by Crippen LogP contribution is 2.39. The molecule has 3 rings (SSSR count). The standard InChI is InChI=1S/C14H14N2O3/c17-10-12-15-13(16-19-12)14(6-8-18-9-7-14)11-4-2-1-3-5-11/h1-5,10H,6-9H2. The van der Waals surface area contributed by atoms with Gasteiger partial charge in [-0.2, -0.15) is 4.98 Å². The smallest absolute Gasteiger partial charge is 0.290 e. The van der Waals surface area contributed by atoms with Crippen LogP contribution in [0.2, 0.25) is 0 Å². The molecule has 0 spiro atoms. The third-order valence-corrected chi connectivity index (χ3v) is 3.64. The molecule has 5 heteroatoms. The van der Waals surface area contributed by atoms with E-state index in [0.29, 0.717) is 25.3 Å². The Morgan fingerprint density at radius 2 is 1.89 bits per heavy atom. The molecule has 5 nitrogen and oxygen atoms in total. The number of nitrogens with zero attached hydrogens (tertiary/aromatic N) is 2. The van der Waals surface area contributed by atoms with Crippen LogP contribution in [0.4, 0.5) is 0 Å². The Kier molecular flexibility index (Phi) is 3.13. The van der Waals surface area contributed by atoms with Gasteiger partial charge in [0.1, 0.15) is 0 Å². The maximum atomic E-state index is 10.7.